The van der Waals surface area contributed by atoms with E-state index in [4.69, 9.17) is 0 Å². The second-order valence-electron chi connectivity index (χ2n) is 13.6. The third kappa shape index (κ3) is 29.3. The van der Waals surface area contributed by atoms with Crippen LogP contribution in [-0.4, -0.2) is 20.6 Å². The molecule has 1 heterocycles. The van der Waals surface area contributed by atoms with Crippen LogP contribution in [0.15, 0.2) is 12.4 Å². The van der Waals surface area contributed by atoms with Gasteiger partial charge in [-0.2, -0.15) is 0 Å². The summed E-state index contributed by atoms with van der Waals surface area (Å²) in [5.41, 5.74) is 0. The van der Waals surface area contributed by atoms with E-state index in [9.17, 15) is 0 Å². The van der Waals surface area contributed by atoms with Gasteiger partial charge in [0.25, 0.3) is 0 Å². The molecule has 1 atom stereocenters. The average Bonchev–Trinajstić information content (AvgIpc) is 3.56. The van der Waals surface area contributed by atoms with Gasteiger partial charge in [0, 0.05) is 29.0 Å². The molecule has 0 bridgehead atoms. The van der Waals surface area contributed by atoms with E-state index in [1.54, 1.807) is 0 Å². The van der Waals surface area contributed by atoms with Crippen molar-refractivity contribution in [1.29, 1.82) is 0 Å². The fraction of sp³-hybridized carbons (Fsp3) is 0.923. The molecule has 1 N–H and O–H groups in total. The Bertz CT molecular complexity index is 621. The third-order valence-electron chi connectivity index (χ3n) is 9.53. The molecule has 1 aromatic rings. The number of hydrogen-bond donors (Lipinski definition) is 1. The lowest BCUT2D eigenvalue weighted by Crippen LogP contribution is -2.02. The summed E-state index contributed by atoms with van der Waals surface area (Å²) in [7, 11) is 0. The van der Waals surface area contributed by atoms with E-state index in [1.807, 2.05) is 12.4 Å². The first-order chi connectivity index (χ1) is 21.4. The van der Waals surface area contributed by atoms with E-state index < -0.39 is 0 Å². The van der Waals surface area contributed by atoms with E-state index in [-0.39, 0.29) is 0 Å². The molecule has 1 rings (SSSR count). The van der Waals surface area contributed by atoms with Gasteiger partial charge in [-0.15, -0.1) is 0 Å². The number of halogens is 2. The molecule has 0 saturated heterocycles. The molecule has 1 unspecified atom stereocenters. The minimum absolute atomic E-state index is 0.647. The second kappa shape index (κ2) is 35.0. The molecule has 0 radical (unpaired) electrons. The molecule has 0 spiro atoms. The Balaban J connectivity index is 1.85. The maximum absolute atomic E-state index is 4.63. The highest BCUT2D eigenvalue weighted by Crippen LogP contribution is 2.26. The molecule has 254 valence electrons. The van der Waals surface area contributed by atoms with E-state index in [0.29, 0.717) is 5.92 Å². The van der Waals surface area contributed by atoms with Crippen molar-refractivity contribution in [2.24, 2.45) is 0 Å². The lowest BCUT2D eigenvalue weighted by atomic mass is 9.93. The molecule has 0 fully saturated rings. The SMILES string of the molecule is BrCCCCCCCCCCCCCCCCCCCCCCCC(CCCCCCCCCCCCBr)c1ncc[nH]1. The number of aromatic nitrogens is 2. The molecule has 4 heteroatoms. The van der Waals surface area contributed by atoms with Crippen LogP contribution < -0.4 is 0 Å². The van der Waals surface area contributed by atoms with Crippen molar-refractivity contribution in [2.45, 2.75) is 218 Å². The van der Waals surface area contributed by atoms with Crippen LogP contribution >= 0.6 is 31.9 Å². The van der Waals surface area contributed by atoms with E-state index in [0.717, 1.165) is 0 Å². The monoisotopic (exact) mass is 728 g/mol. The summed E-state index contributed by atoms with van der Waals surface area (Å²) in [5.74, 6) is 1.89. The maximum atomic E-state index is 4.63. The summed E-state index contributed by atoms with van der Waals surface area (Å²) < 4.78 is 0. The van der Waals surface area contributed by atoms with Gasteiger partial charge in [0.05, 0.1) is 0 Å². The highest BCUT2D eigenvalue weighted by molar-refractivity contribution is 9.09. The van der Waals surface area contributed by atoms with Crippen LogP contribution in [0.1, 0.15) is 224 Å². The number of alkyl halides is 2. The van der Waals surface area contributed by atoms with Crippen LogP contribution in [-0.2, 0) is 0 Å². The third-order valence-corrected chi connectivity index (χ3v) is 10.6. The smallest absolute Gasteiger partial charge is 0.109 e. The van der Waals surface area contributed by atoms with Crippen LogP contribution in [0, 0.1) is 0 Å². The minimum atomic E-state index is 0.647. The molecule has 0 aliphatic rings. The van der Waals surface area contributed by atoms with E-state index in [2.05, 4.69) is 41.8 Å². The number of nitrogens with zero attached hydrogens (tertiary/aromatic N) is 1. The first-order valence-corrected chi connectivity index (χ1v) is 21.7. The topological polar surface area (TPSA) is 28.7 Å². The van der Waals surface area contributed by atoms with Crippen molar-refractivity contribution in [2.75, 3.05) is 10.7 Å². The van der Waals surface area contributed by atoms with E-state index >= 15 is 0 Å². The largest absolute Gasteiger partial charge is 0.348 e. The van der Waals surface area contributed by atoms with Gasteiger partial charge in [0.2, 0.25) is 0 Å². The molecule has 2 nitrogen and oxygen atoms in total. The Morgan fingerprint density at radius 1 is 0.395 bits per heavy atom. The molecule has 1 aromatic heterocycles. The summed E-state index contributed by atoms with van der Waals surface area (Å²) in [5, 5.41) is 2.35. The highest BCUT2D eigenvalue weighted by atomic mass is 79.9. The van der Waals surface area contributed by atoms with Crippen LogP contribution in [0.5, 0.6) is 0 Å². The number of rotatable bonds is 36. The first-order valence-electron chi connectivity index (χ1n) is 19.5. The van der Waals surface area contributed by atoms with Crippen molar-refractivity contribution >= 4 is 31.9 Å². The molecule has 0 aliphatic heterocycles. The predicted molar refractivity (Wildman–Crippen MR) is 201 cm³/mol. The summed E-state index contributed by atoms with van der Waals surface area (Å²) in [4.78, 5) is 8.06. The zero-order chi connectivity index (χ0) is 30.7. The highest BCUT2D eigenvalue weighted by Gasteiger charge is 2.13. The maximum Gasteiger partial charge on any atom is 0.109 e. The Labute approximate surface area is 287 Å². The molecular weight excluding hydrogens is 656 g/mol. The number of imidazole rings is 1. The van der Waals surface area contributed by atoms with Crippen LogP contribution in [0.25, 0.3) is 0 Å². The van der Waals surface area contributed by atoms with Crippen LogP contribution in [0.4, 0.5) is 0 Å². The molecule has 43 heavy (non-hydrogen) atoms. The fourth-order valence-corrected chi connectivity index (χ4v) is 7.45. The fourth-order valence-electron chi connectivity index (χ4n) is 6.66. The number of unbranched alkanes of at least 4 members (excludes halogenated alkanes) is 29. The molecular formula is C39H74Br2N2. The van der Waals surface area contributed by atoms with Crippen molar-refractivity contribution in [3.63, 3.8) is 0 Å². The summed E-state index contributed by atoms with van der Waals surface area (Å²) in [6, 6.07) is 0. The zero-order valence-corrected chi connectivity index (χ0v) is 31.9. The van der Waals surface area contributed by atoms with Gasteiger partial charge in [0.1, 0.15) is 5.82 Å². The Morgan fingerprint density at radius 2 is 0.651 bits per heavy atom. The lowest BCUT2D eigenvalue weighted by Gasteiger charge is -2.14. The Kier molecular flexibility index (Phi) is 33.6. The molecule has 0 amide bonds. The van der Waals surface area contributed by atoms with Gasteiger partial charge in [0.15, 0.2) is 0 Å². The quantitative estimate of drug-likeness (QED) is 0.0540. The van der Waals surface area contributed by atoms with Crippen molar-refractivity contribution in [3.8, 4) is 0 Å². The predicted octanol–water partition coefficient (Wildman–Crippen LogP) is 15.2. The Morgan fingerprint density at radius 3 is 0.884 bits per heavy atom. The van der Waals surface area contributed by atoms with Crippen molar-refractivity contribution in [3.05, 3.63) is 18.2 Å². The summed E-state index contributed by atoms with van der Waals surface area (Å²) in [6.45, 7) is 0. The lowest BCUT2D eigenvalue weighted by molar-refractivity contribution is 0.469. The van der Waals surface area contributed by atoms with Crippen molar-refractivity contribution < 1.29 is 0 Å². The van der Waals surface area contributed by atoms with Crippen LogP contribution in [0.2, 0.25) is 0 Å². The van der Waals surface area contributed by atoms with Gasteiger partial charge < -0.3 is 4.98 Å². The van der Waals surface area contributed by atoms with Gasteiger partial charge in [-0.3, -0.25) is 0 Å². The number of nitrogens with one attached hydrogen (secondary N) is 1. The summed E-state index contributed by atoms with van der Waals surface area (Å²) >= 11 is 7.06. The normalized spacial score (nSPS) is 12.3. The van der Waals surface area contributed by atoms with E-state index in [1.165, 1.54) is 228 Å². The first kappa shape index (κ1) is 41.2. The number of hydrogen-bond acceptors (Lipinski definition) is 1. The average molecular weight is 731 g/mol. The zero-order valence-electron chi connectivity index (χ0n) is 28.7. The number of aromatic amines is 1. The second-order valence-corrected chi connectivity index (χ2v) is 15.2. The number of H-pyrrole nitrogens is 1. The molecule has 0 aromatic carbocycles. The molecule has 0 aliphatic carbocycles. The van der Waals surface area contributed by atoms with Gasteiger partial charge >= 0.3 is 0 Å². The van der Waals surface area contributed by atoms with Gasteiger partial charge in [-0.25, -0.2) is 4.98 Å². The standard InChI is InChI=1S/C39H74Br2N2/c40-34-30-26-22-18-14-11-9-7-5-3-1-2-4-6-8-10-12-16-20-24-28-32-38(39-42-36-37-43-39)33-29-25-21-17-13-15-19-23-27-31-35-41/h36-38H,1-35H2,(H,42,43). The molecule has 0 saturated carbocycles. The van der Waals surface area contributed by atoms with Gasteiger partial charge in [-0.05, 0) is 25.7 Å². The van der Waals surface area contributed by atoms with Crippen LogP contribution in [0.3, 0.4) is 0 Å². The Hall–Kier alpha value is 0.170. The van der Waals surface area contributed by atoms with Crippen molar-refractivity contribution in [1.82, 2.24) is 9.97 Å². The van der Waals surface area contributed by atoms with Gasteiger partial charge in [-0.1, -0.05) is 218 Å². The summed E-state index contributed by atoms with van der Waals surface area (Å²) in [6.07, 6.45) is 51.1. The minimum Gasteiger partial charge on any atom is -0.348 e.